The van der Waals surface area contributed by atoms with E-state index in [1.165, 1.54) is 0 Å². The van der Waals surface area contributed by atoms with Crippen LogP contribution in [-0.4, -0.2) is 41.4 Å². The molecule has 2 atom stereocenters. The van der Waals surface area contributed by atoms with Gasteiger partial charge in [0.1, 0.15) is 12.1 Å². The highest BCUT2D eigenvalue weighted by Crippen LogP contribution is 2.38. The number of hydrogen-bond acceptors (Lipinski definition) is 3. The molecule has 1 aliphatic heterocycles. The van der Waals surface area contributed by atoms with Crippen molar-refractivity contribution in [3.63, 3.8) is 0 Å². The summed E-state index contributed by atoms with van der Waals surface area (Å²) < 4.78 is 0. The Kier molecular flexibility index (Phi) is 5.42. The number of carbonyl (C=O) groups excluding carboxylic acids is 3. The summed E-state index contributed by atoms with van der Waals surface area (Å²) in [5, 5.41) is 5.63. The highest BCUT2D eigenvalue weighted by Gasteiger charge is 2.55. The van der Waals surface area contributed by atoms with Gasteiger partial charge in [0, 0.05) is 6.54 Å². The van der Waals surface area contributed by atoms with Crippen LogP contribution in [0.25, 0.3) is 0 Å². The molecule has 1 saturated carbocycles. The lowest BCUT2D eigenvalue weighted by atomic mass is 9.73. The van der Waals surface area contributed by atoms with Gasteiger partial charge >= 0.3 is 6.03 Å². The monoisotopic (exact) mass is 309 g/mol. The molecule has 0 radical (unpaired) electrons. The molecule has 2 aliphatic rings. The Bertz CT molecular complexity index is 452. The van der Waals surface area contributed by atoms with Crippen LogP contribution in [0.15, 0.2) is 0 Å². The second-order valence-electron chi connectivity index (χ2n) is 6.50. The Morgan fingerprint density at radius 1 is 1.36 bits per heavy atom. The topological polar surface area (TPSA) is 78.5 Å². The summed E-state index contributed by atoms with van der Waals surface area (Å²) in [6.45, 7) is 4.52. The van der Waals surface area contributed by atoms with Gasteiger partial charge in [-0.15, -0.1) is 0 Å². The number of hydrogen-bond donors (Lipinski definition) is 2. The van der Waals surface area contributed by atoms with Crippen LogP contribution in [0.2, 0.25) is 0 Å². The van der Waals surface area contributed by atoms with Crippen LogP contribution in [0.5, 0.6) is 0 Å². The smallest absolute Gasteiger partial charge is 0.325 e. The Balaban J connectivity index is 1.93. The predicted molar refractivity (Wildman–Crippen MR) is 83.1 cm³/mol. The van der Waals surface area contributed by atoms with E-state index < -0.39 is 11.6 Å². The van der Waals surface area contributed by atoms with E-state index in [0.29, 0.717) is 13.0 Å². The maximum atomic E-state index is 12.7. The average molecular weight is 309 g/mol. The zero-order valence-electron chi connectivity index (χ0n) is 13.6. The fourth-order valence-corrected chi connectivity index (χ4v) is 3.44. The van der Waals surface area contributed by atoms with Crippen molar-refractivity contribution < 1.29 is 14.4 Å². The van der Waals surface area contributed by atoms with Crippen LogP contribution in [0, 0.1) is 5.92 Å². The summed E-state index contributed by atoms with van der Waals surface area (Å²) in [4.78, 5) is 37.8. The summed E-state index contributed by atoms with van der Waals surface area (Å²) >= 11 is 0. The first kappa shape index (κ1) is 16.8. The van der Waals surface area contributed by atoms with Crippen molar-refractivity contribution in [3.8, 4) is 0 Å². The van der Waals surface area contributed by atoms with Gasteiger partial charge in [-0.3, -0.25) is 14.5 Å². The molecule has 0 aromatic heterocycles. The minimum atomic E-state index is -0.780. The van der Waals surface area contributed by atoms with E-state index in [1.54, 1.807) is 0 Å². The highest BCUT2D eigenvalue weighted by atomic mass is 16.2. The zero-order valence-corrected chi connectivity index (χ0v) is 13.6. The van der Waals surface area contributed by atoms with Crippen molar-refractivity contribution in [1.82, 2.24) is 15.5 Å². The van der Waals surface area contributed by atoms with E-state index in [4.69, 9.17) is 0 Å². The highest BCUT2D eigenvalue weighted by molar-refractivity contribution is 6.09. The molecule has 1 heterocycles. The van der Waals surface area contributed by atoms with Crippen LogP contribution < -0.4 is 10.6 Å². The normalized spacial score (nSPS) is 28.1. The molecule has 2 rings (SSSR count). The van der Waals surface area contributed by atoms with Gasteiger partial charge in [0.2, 0.25) is 5.91 Å². The van der Waals surface area contributed by atoms with Crippen molar-refractivity contribution in [2.75, 3.05) is 13.1 Å². The standard InChI is InChI=1S/C16H27N3O3/c1-3-4-7-10-17-13(20)11-19-14(21)16(18-15(19)22)9-6-5-8-12(16)2/h12H,3-11H2,1-2H3,(H,17,20)(H,18,22)/t12-,16-/m1/s1. The second-order valence-corrected chi connectivity index (χ2v) is 6.50. The minimum Gasteiger partial charge on any atom is -0.355 e. The quantitative estimate of drug-likeness (QED) is 0.580. The second kappa shape index (κ2) is 7.11. The molecule has 124 valence electrons. The van der Waals surface area contributed by atoms with Gasteiger partial charge in [-0.2, -0.15) is 0 Å². The molecule has 6 nitrogen and oxygen atoms in total. The van der Waals surface area contributed by atoms with Crippen molar-refractivity contribution >= 4 is 17.8 Å². The van der Waals surface area contributed by atoms with Crippen LogP contribution in [-0.2, 0) is 9.59 Å². The zero-order chi connectivity index (χ0) is 16.2. The number of unbranched alkanes of at least 4 members (excludes halogenated alkanes) is 2. The SMILES string of the molecule is CCCCCNC(=O)CN1C(=O)N[C@@]2(CCCC[C@H]2C)C1=O. The van der Waals surface area contributed by atoms with Crippen molar-refractivity contribution in [3.05, 3.63) is 0 Å². The van der Waals surface area contributed by atoms with E-state index in [2.05, 4.69) is 17.6 Å². The van der Waals surface area contributed by atoms with Gasteiger partial charge in [-0.05, 0) is 25.2 Å². The van der Waals surface area contributed by atoms with Crippen molar-refractivity contribution in [1.29, 1.82) is 0 Å². The first-order chi connectivity index (χ1) is 10.5. The molecule has 0 aromatic rings. The third-order valence-corrected chi connectivity index (χ3v) is 4.91. The number of imide groups is 1. The molecule has 1 saturated heterocycles. The number of rotatable bonds is 6. The molecule has 2 N–H and O–H groups in total. The Morgan fingerprint density at radius 2 is 2.14 bits per heavy atom. The van der Waals surface area contributed by atoms with Gasteiger partial charge in [0.25, 0.3) is 5.91 Å². The summed E-state index contributed by atoms with van der Waals surface area (Å²) in [6, 6.07) is -0.428. The molecule has 0 unspecified atom stereocenters. The van der Waals surface area contributed by atoms with Gasteiger partial charge < -0.3 is 10.6 Å². The lowest BCUT2D eigenvalue weighted by Crippen LogP contribution is -2.54. The number of nitrogens with zero attached hydrogens (tertiary/aromatic N) is 1. The van der Waals surface area contributed by atoms with Gasteiger partial charge in [0.15, 0.2) is 0 Å². The molecule has 4 amide bonds. The van der Waals surface area contributed by atoms with Crippen LogP contribution in [0.1, 0.15) is 58.8 Å². The Hall–Kier alpha value is -1.59. The van der Waals surface area contributed by atoms with Crippen molar-refractivity contribution in [2.24, 2.45) is 5.92 Å². The van der Waals surface area contributed by atoms with E-state index in [-0.39, 0.29) is 24.3 Å². The minimum absolute atomic E-state index is 0.121. The van der Waals surface area contributed by atoms with E-state index in [1.807, 2.05) is 6.92 Å². The predicted octanol–water partition coefficient (Wildman–Crippen LogP) is 1.79. The fourth-order valence-electron chi connectivity index (χ4n) is 3.44. The molecule has 22 heavy (non-hydrogen) atoms. The van der Waals surface area contributed by atoms with Gasteiger partial charge in [-0.25, -0.2) is 4.79 Å². The van der Waals surface area contributed by atoms with E-state index in [0.717, 1.165) is 43.4 Å². The maximum absolute atomic E-state index is 12.7. The summed E-state index contributed by atoms with van der Waals surface area (Å²) in [7, 11) is 0. The molecule has 6 heteroatoms. The first-order valence-corrected chi connectivity index (χ1v) is 8.42. The molecular weight excluding hydrogens is 282 g/mol. The maximum Gasteiger partial charge on any atom is 0.325 e. The summed E-state index contributed by atoms with van der Waals surface area (Å²) in [5.41, 5.74) is -0.780. The molecule has 2 fully saturated rings. The van der Waals surface area contributed by atoms with Crippen molar-refractivity contribution in [2.45, 2.75) is 64.3 Å². The van der Waals surface area contributed by atoms with E-state index in [9.17, 15) is 14.4 Å². The first-order valence-electron chi connectivity index (χ1n) is 8.42. The lowest BCUT2D eigenvalue weighted by molar-refractivity contribution is -0.137. The van der Waals surface area contributed by atoms with Crippen LogP contribution in [0.4, 0.5) is 4.79 Å². The summed E-state index contributed by atoms with van der Waals surface area (Å²) in [6.07, 6.45) is 6.70. The Labute approximate surface area is 132 Å². The third-order valence-electron chi connectivity index (χ3n) is 4.91. The largest absolute Gasteiger partial charge is 0.355 e. The number of urea groups is 1. The Morgan fingerprint density at radius 3 is 2.82 bits per heavy atom. The fraction of sp³-hybridized carbons (Fsp3) is 0.812. The molecule has 1 spiro atoms. The van der Waals surface area contributed by atoms with E-state index >= 15 is 0 Å². The van der Waals surface area contributed by atoms with Crippen LogP contribution in [0.3, 0.4) is 0 Å². The molecule has 0 aromatic carbocycles. The number of amides is 4. The van der Waals surface area contributed by atoms with Gasteiger partial charge in [0.05, 0.1) is 0 Å². The lowest BCUT2D eigenvalue weighted by Gasteiger charge is -2.36. The number of carbonyl (C=O) groups is 3. The molecular formula is C16H27N3O3. The average Bonchev–Trinajstić information content (AvgIpc) is 2.72. The summed E-state index contributed by atoms with van der Waals surface area (Å²) in [5.74, 6) is -0.371. The van der Waals surface area contributed by atoms with Crippen LogP contribution >= 0.6 is 0 Å². The molecule has 0 bridgehead atoms. The number of nitrogens with one attached hydrogen (secondary N) is 2. The molecule has 1 aliphatic carbocycles. The third kappa shape index (κ3) is 3.25. The van der Waals surface area contributed by atoms with Gasteiger partial charge in [-0.1, -0.05) is 39.5 Å².